The Morgan fingerprint density at radius 2 is 1.89 bits per heavy atom. The van der Waals surface area contributed by atoms with E-state index in [2.05, 4.69) is 32.8 Å². The van der Waals surface area contributed by atoms with Crippen LogP contribution in [-0.4, -0.2) is 55.2 Å². The number of benzene rings is 2. The van der Waals surface area contributed by atoms with Crippen molar-refractivity contribution in [3.05, 3.63) is 75.7 Å². The van der Waals surface area contributed by atoms with Crippen molar-refractivity contribution in [3.63, 3.8) is 0 Å². The minimum atomic E-state index is -3.66. The SMILES string of the molecule is Cl.Cn1cnc(S(=O)(=O)NCCOc2ccc3c(c2)C(Cc2ccc(Cl)c(Cl)c2)C(N2CCCC2)CC3)c1. The molecule has 0 spiro atoms. The van der Waals surface area contributed by atoms with Gasteiger partial charge in [-0.1, -0.05) is 35.3 Å². The second kappa shape index (κ2) is 12.6. The minimum Gasteiger partial charge on any atom is -0.492 e. The first-order valence-electron chi connectivity index (χ1n) is 12.7. The number of nitrogens with zero attached hydrogens (tertiary/aromatic N) is 3. The van der Waals surface area contributed by atoms with Gasteiger partial charge in [0.15, 0.2) is 5.03 Å². The van der Waals surface area contributed by atoms with Crippen LogP contribution in [0.3, 0.4) is 0 Å². The zero-order valence-electron chi connectivity index (χ0n) is 21.3. The van der Waals surface area contributed by atoms with Crippen LogP contribution in [0.1, 0.15) is 41.9 Å². The van der Waals surface area contributed by atoms with Gasteiger partial charge < -0.3 is 9.30 Å². The third kappa shape index (κ3) is 6.66. The van der Waals surface area contributed by atoms with Crippen LogP contribution >= 0.6 is 35.6 Å². The molecule has 2 atom stereocenters. The van der Waals surface area contributed by atoms with E-state index in [9.17, 15) is 8.42 Å². The molecular weight excluding hydrogens is 567 g/mol. The highest BCUT2D eigenvalue weighted by Gasteiger charge is 2.35. The monoisotopic (exact) mass is 598 g/mol. The smallest absolute Gasteiger partial charge is 0.259 e. The molecule has 5 rings (SSSR count). The molecule has 3 aromatic rings. The topological polar surface area (TPSA) is 76.5 Å². The minimum absolute atomic E-state index is 0. The van der Waals surface area contributed by atoms with E-state index in [1.54, 1.807) is 11.6 Å². The fraction of sp³-hybridized carbons (Fsp3) is 0.444. The second-order valence-electron chi connectivity index (χ2n) is 9.89. The Balaban J connectivity index is 0.00000336. The maximum Gasteiger partial charge on any atom is 0.259 e. The molecule has 0 bridgehead atoms. The molecule has 206 valence electrons. The average molecular weight is 600 g/mol. The highest BCUT2D eigenvalue weighted by Crippen LogP contribution is 2.40. The molecule has 1 saturated heterocycles. The molecule has 11 heteroatoms. The Labute approximate surface area is 240 Å². The lowest BCUT2D eigenvalue weighted by molar-refractivity contribution is 0.188. The summed E-state index contributed by atoms with van der Waals surface area (Å²) in [6.07, 6.45) is 8.48. The van der Waals surface area contributed by atoms with Gasteiger partial charge >= 0.3 is 0 Å². The van der Waals surface area contributed by atoms with Crippen LogP contribution in [0.4, 0.5) is 0 Å². The van der Waals surface area contributed by atoms with Crippen LogP contribution < -0.4 is 9.46 Å². The van der Waals surface area contributed by atoms with Crippen LogP contribution in [0.2, 0.25) is 10.0 Å². The summed E-state index contributed by atoms with van der Waals surface area (Å²) in [6, 6.07) is 12.7. The van der Waals surface area contributed by atoms with E-state index < -0.39 is 10.0 Å². The van der Waals surface area contributed by atoms with Crippen LogP contribution in [-0.2, 0) is 29.9 Å². The normalized spacial score (nSPS) is 19.7. The molecule has 2 aliphatic rings. The number of halogens is 3. The number of fused-ring (bicyclic) bond motifs is 1. The predicted molar refractivity (Wildman–Crippen MR) is 153 cm³/mol. The van der Waals surface area contributed by atoms with E-state index >= 15 is 0 Å². The van der Waals surface area contributed by atoms with Crippen molar-refractivity contribution < 1.29 is 13.2 Å². The van der Waals surface area contributed by atoms with Crippen molar-refractivity contribution in [3.8, 4) is 5.75 Å². The molecule has 2 aromatic carbocycles. The molecule has 1 aliphatic heterocycles. The van der Waals surface area contributed by atoms with Gasteiger partial charge in [0, 0.05) is 31.7 Å². The number of imidazole rings is 1. The lowest BCUT2D eigenvalue weighted by Gasteiger charge is -2.39. The molecule has 38 heavy (non-hydrogen) atoms. The Morgan fingerprint density at radius 1 is 1.11 bits per heavy atom. The summed E-state index contributed by atoms with van der Waals surface area (Å²) in [5, 5.41) is 1.15. The average Bonchev–Trinajstić information content (AvgIpc) is 3.57. The van der Waals surface area contributed by atoms with Crippen molar-refractivity contribution in [2.75, 3.05) is 26.2 Å². The van der Waals surface area contributed by atoms with Crippen molar-refractivity contribution in [2.24, 2.45) is 7.05 Å². The lowest BCUT2D eigenvalue weighted by atomic mass is 9.75. The Morgan fingerprint density at radius 3 is 2.61 bits per heavy atom. The van der Waals surface area contributed by atoms with Gasteiger partial charge in [-0.25, -0.2) is 18.1 Å². The highest BCUT2D eigenvalue weighted by atomic mass is 35.5. The van der Waals surface area contributed by atoms with Gasteiger partial charge in [-0.3, -0.25) is 4.90 Å². The summed E-state index contributed by atoms with van der Waals surface area (Å²) >= 11 is 12.5. The molecule has 1 aliphatic carbocycles. The summed E-state index contributed by atoms with van der Waals surface area (Å²) in [4.78, 5) is 6.56. The number of rotatable bonds is 9. The largest absolute Gasteiger partial charge is 0.492 e. The van der Waals surface area contributed by atoms with Crippen molar-refractivity contribution in [1.82, 2.24) is 19.2 Å². The second-order valence-corrected chi connectivity index (χ2v) is 12.4. The van der Waals surface area contributed by atoms with E-state index in [-0.39, 0.29) is 30.6 Å². The standard InChI is InChI=1S/C27H32Cl2N4O3S.ClH/c1-32-17-27(30-18-32)37(34,35)31-10-13-36-21-7-5-20-6-9-26(33-11-2-3-12-33)23(22(20)16-21)14-19-4-8-24(28)25(29)15-19;/h4-5,7-8,15-18,23,26,31H,2-3,6,9-14H2,1H3;1H. The number of aromatic nitrogens is 2. The fourth-order valence-corrected chi connectivity index (χ4v) is 6.88. The third-order valence-corrected chi connectivity index (χ3v) is 9.44. The first-order valence-corrected chi connectivity index (χ1v) is 15.0. The quantitative estimate of drug-likeness (QED) is 0.341. The molecule has 2 unspecified atom stereocenters. The molecule has 1 N–H and O–H groups in total. The lowest BCUT2D eigenvalue weighted by Crippen LogP contribution is -2.41. The summed E-state index contributed by atoms with van der Waals surface area (Å²) in [6.45, 7) is 2.66. The van der Waals surface area contributed by atoms with Crippen LogP contribution in [0.15, 0.2) is 53.9 Å². The van der Waals surface area contributed by atoms with Gasteiger partial charge in [0.25, 0.3) is 10.0 Å². The molecule has 0 amide bonds. The Kier molecular flexibility index (Phi) is 9.66. The van der Waals surface area contributed by atoms with Crippen molar-refractivity contribution >= 4 is 45.6 Å². The molecule has 1 aromatic heterocycles. The number of hydrogen-bond donors (Lipinski definition) is 1. The van der Waals surface area contributed by atoms with E-state index in [0.29, 0.717) is 22.0 Å². The molecule has 2 heterocycles. The van der Waals surface area contributed by atoms with Crippen LogP contribution in [0.5, 0.6) is 5.75 Å². The first kappa shape index (κ1) is 29.2. The number of aryl methyl sites for hydroxylation is 2. The molecule has 7 nitrogen and oxygen atoms in total. The van der Waals surface area contributed by atoms with Gasteiger partial charge in [0.1, 0.15) is 12.4 Å². The van der Waals surface area contributed by atoms with E-state index in [0.717, 1.165) is 38.1 Å². The summed E-state index contributed by atoms with van der Waals surface area (Å²) in [5.41, 5.74) is 3.83. The molecule has 1 fully saturated rings. The van der Waals surface area contributed by atoms with E-state index in [1.165, 1.54) is 42.1 Å². The number of nitrogens with one attached hydrogen (secondary N) is 1. The Bertz CT molecular complexity index is 1360. The predicted octanol–water partition coefficient (Wildman–Crippen LogP) is 5.24. The van der Waals surface area contributed by atoms with Gasteiger partial charge in [-0.05, 0) is 86.1 Å². The number of sulfonamides is 1. The van der Waals surface area contributed by atoms with Crippen molar-refractivity contribution in [1.29, 1.82) is 0 Å². The van der Waals surface area contributed by atoms with Crippen molar-refractivity contribution in [2.45, 2.75) is 49.1 Å². The highest BCUT2D eigenvalue weighted by molar-refractivity contribution is 7.89. The van der Waals surface area contributed by atoms with E-state index in [1.807, 2.05) is 18.2 Å². The third-order valence-electron chi connectivity index (χ3n) is 7.36. The molecule has 0 saturated carbocycles. The van der Waals surface area contributed by atoms with E-state index in [4.69, 9.17) is 27.9 Å². The molecular formula is C27H33Cl3N4O3S. The van der Waals surface area contributed by atoms with Gasteiger partial charge in [-0.15, -0.1) is 12.4 Å². The number of ether oxygens (including phenoxy) is 1. The number of likely N-dealkylation sites (tertiary alicyclic amines) is 1. The maximum atomic E-state index is 12.4. The zero-order valence-corrected chi connectivity index (χ0v) is 24.4. The zero-order chi connectivity index (χ0) is 26.0. The Hall–Kier alpha value is -1.81. The number of hydrogen-bond acceptors (Lipinski definition) is 5. The van der Waals surface area contributed by atoms with Crippen LogP contribution in [0, 0.1) is 0 Å². The van der Waals surface area contributed by atoms with Gasteiger partial charge in [0.05, 0.1) is 16.4 Å². The van der Waals surface area contributed by atoms with Crippen LogP contribution in [0.25, 0.3) is 0 Å². The summed E-state index contributed by atoms with van der Waals surface area (Å²) in [5.74, 6) is 1.06. The summed E-state index contributed by atoms with van der Waals surface area (Å²) in [7, 11) is -1.93. The first-order chi connectivity index (χ1) is 17.8. The summed E-state index contributed by atoms with van der Waals surface area (Å²) < 4.78 is 35.0. The van der Waals surface area contributed by atoms with Gasteiger partial charge in [-0.2, -0.15) is 0 Å². The fourth-order valence-electron chi connectivity index (χ4n) is 5.57. The maximum absolute atomic E-state index is 12.4. The van der Waals surface area contributed by atoms with Gasteiger partial charge in [0.2, 0.25) is 0 Å². The molecule has 0 radical (unpaired) electrons.